The van der Waals surface area contributed by atoms with Crippen LogP contribution >= 0.6 is 0 Å². The largest absolute Gasteiger partial charge is 0.482 e. The summed E-state index contributed by atoms with van der Waals surface area (Å²) in [5, 5.41) is 5.25. The number of ether oxygens (including phenoxy) is 1. The van der Waals surface area contributed by atoms with Crippen LogP contribution in [0.5, 0.6) is 5.75 Å². The first-order chi connectivity index (χ1) is 14.3. The van der Waals surface area contributed by atoms with E-state index in [9.17, 15) is 22.8 Å². The molecule has 0 atom stereocenters. The van der Waals surface area contributed by atoms with Gasteiger partial charge in [0.2, 0.25) is 0 Å². The summed E-state index contributed by atoms with van der Waals surface area (Å²) in [5.41, 5.74) is 1.37. The number of carbonyl (C=O) groups excluding carboxylic acids is 2. The van der Waals surface area contributed by atoms with E-state index in [2.05, 4.69) is 10.6 Å². The van der Waals surface area contributed by atoms with Gasteiger partial charge in [-0.1, -0.05) is 30.3 Å². The van der Waals surface area contributed by atoms with Crippen molar-refractivity contribution < 1.29 is 27.5 Å². The maximum atomic E-state index is 12.4. The second-order valence-corrected chi connectivity index (χ2v) is 6.25. The lowest BCUT2D eigenvalue weighted by molar-refractivity contribution is -0.153. The number of hydrogen-bond donors (Lipinski definition) is 2. The van der Waals surface area contributed by atoms with Gasteiger partial charge in [0.15, 0.2) is 6.61 Å². The zero-order valence-corrected chi connectivity index (χ0v) is 15.6. The molecule has 3 aromatic carbocycles. The third-order valence-electron chi connectivity index (χ3n) is 3.97. The summed E-state index contributed by atoms with van der Waals surface area (Å²) in [6.07, 6.45) is -4.49. The van der Waals surface area contributed by atoms with Crippen LogP contribution in [0.3, 0.4) is 0 Å². The van der Waals surface area contributed by atoms with Crippen molar-refractivity contribution >= 4 is 23.2 Å². The van der Waals surface area contributed by atoms with Crippen LogP contribution in [0.2, 0.25) is 0 Å². The van der Waals surface area contributed by atoms with Gasteiger partial charge in [0.25, 0.3) is 11.8 Å². The Bertz CT molecular complexity index is 1020. The fourth-order valence-corrected chi connectivity index (χ4v) is 2.55. The van der Waals surface area contributed by atoms with Gasteiger partial charge in [0.1, 0.15) is 5.75 Å². The number of amides is 2. The van der Waals surface area contributed by atoms with Crippen molar-refractivity contribution in [3.63, 3.8) is 0 Å². The predicted octanol–water partition coefficient (Wildman–Crippen LogP) is 5.13. The van der Waals surface area contributed by atoms with Gasteiger partial charge in [0.05, 0.1) is 5.69 Å². The number of alkyl halides is 3. The van der Waals surface area contributed by atoms with Crippen molar-refractivity contribution in [2.24, 2.45) is 0 Å². The first-order valence-electron chi connectivity index (χ1n) is 8.88. The molecule has 2 N–H and O–H groups in total. The highest BCUT2D eigenvalue weighted by Crippen LogP contribution is 2.27. The molecule has 0 aromatic heterocycles. The fraction of sp³-hybridized carbons (Fsp3) is 0.0909. The van der Waals surface area contributed by atoms with Gasteiger partial charge < -0.3 is 15.4 Å². The SMILES string of the molecule is O=C(Nc1ccc(C(=O)Nc2ccccc2OCC(F)(F)F)cc1)c1ccccc1. The summed E-state index contributed by atoms with van der Waals surface area (Å²) >= 11 is 0. The summed E-state index contributed by atoms with van der Waals surface area (Å²) < 4.78 is 41.9. The highest BCUT2D eigenvalue weighted by atomic mass is 19.4. The molecule has 0 aliphatic rings. The minimum Gasteiger partial charge on any atom is -0.482 e. The number of benzene rings is 3. The lowest BCUT2D eigenvalue weighted by Gasteiger charge is -2.14. The topological polar surface area (TPSA) is 67.4 Å². The average molecular weight is 414 g/mol. The van der Waals surface area contributed by atoms with Gasteiger partial charge >= 0.3 is 6.18 Å². The molecule has 0 radical (unpaired) electrons. The molecule has 3 aromatic rings. The number of halogens is 3. The number of hydrogen-bond acceptors (Lipinski definition) is 3. The van der Waals surface area contributed by atoms with Crippen LogP contribution in [0.4, 0.5) is 24.5 Å². The van der Waals surface area contributed by atoms with Crippen LogP contribution in [-0.4, -0.2) is 24.6 Å². The summed E-state index contributed by atoms with van der Waals surface area (Å²) in [4.78, 5) is 24.6. The molecule has 3 rings (SSSR count). The second kappa shape index (κ2) is 9.13. The Kier molecular flexibility index (Phi) is 6.36. The van der Waals surface area contributed by atoms with Gasteiger partial charge in [-0.15, -0.1) is 0 Å². The van der Waals surface area contributed by atoms with Gasteiger partial charge in [0, 0.05) is 16.8 Å². The van der Waals surface area contributed by atoms with Crippen molar-refractivity contribution in [3.05, 3.63) is 90.0 Å². The van der Waals surface area contributed by atoms with Crippen molar-refractivity contribution in [1.29, 1.82) is 0 Å². The normalized spacial score (nSPS) is 10.9. The van der Waals surface area contributed by atoms with Crippen molar-refractivity contribution in [1.82, 2.24) is 0 Å². The number of anilines is 2. The van der Waals surface area contributed by atoms with Crippen molar-refractivity contribution in [3.8, 4) is 5.75 Å². The average Bonchev–Trinajstić information content (AvgIpc) is 2.73. The molecule has 0 saturated heterocycles. The molecule has 0 unspecified atom stereocenters. The lowest BCUT2D eigenvalue weighted by Crippen LogP contribution is -2.20. The monoisotopic (exact) mass is 414 g/mol. The minimum atomic E-state index is -4.49. The van der Waals surface area contributed by atoms with E-state index in [4.69, 9.17) is 4.74 Å². The van der Waals surface area contributed by atoms with Crippen LogP contribution in [0, 0.1) is 0 Å². The summed E-state index contributed by atoms with van der Waals surface area (Å²) in [7, 11) is 0. The molecule has 5 nitrogen and oxygen atoms in total. The second-order valence-electron chi connectivity index (χ2n) is 6.25. The molecule has 0 heterocycles. The smallest absolute Gasteiger partial charge is 0.422 e. The van der Waals surface area contributed by atoms with Gasteiger partial charge in [-0.25, -0.2) is 0 Å². The van der Waals surface area contributed by atoms with Crippen LogP contribution < -0.4 is 15.4 Å². The zero-order valence-electron chi connectivity index (χ0n) is 15.6. The molecule has 154 valence electrons. The van der Waals surface area contributed by atoms with Crippen LogP contribution in [0.15, 0.2) is 78.9 Å². The highest BCUT2D eigenvalue weighted by Gasteiger charge is 2.28. The molecule has 0 fully saturated rings. The first-order valence-corrected chi connectivity index (χ1v) is 8.88. The molecule has 0 bridgehead atoms. The first kappa shape index (κ1) is 20.9. The van der Waals surface area contributed by atoms with Gasteiger partial charge in [-0.05, 0) is 48.5 Å². The molecule has 0 spiro atoms. The van der Waals surface area contributed by atoms with E-state index in [0.717, 1.165) is 0 Å². The summed E-state index contributed by atoms with van der Waals surface area (Å²) in [6.45, 7) is -1.46. The molecule has 30 heavy (non-hydrogen) atoms. The van der Waals surface area contributed by atoms with E-state index in [1.54, 1.807) is 48.5 Å². The van der Waals surface area contributed by atoms with Crippen LogP contribution in [0.25, 0.3) is 0 Å². The minimum absolute atomic E-state index is 0.0880. The lowest BCUT2D eigenvalue weighted by atomic mass is 10.1. The molecular formula is C22H17F3N2O3. The van der Waals surface area contributed by atoms with E-state index < -0.39 is 18.7 Å². The Morgan fingerprint density at radius 1 is 0.733 bits per heavy atom. The Labute approximate surface area is 170 Å². The van der Waals surface area contributed by atoms with E-state index in [-0.39, 0.29) is 22.9 Å². The van der Waals surface area contributed by atoms with Crippen molar-refractivity contribution in [2.45, 2.75) is 6.18 Å². The summed E-state index contributed by atoms with van der Waals surface area (Å²) in [5.74, 6) is -0.905. The molecule has 0 saturated carbocycles. The quantitative estimate of drug-likeness (QED) is 0.588. The van der Waals surface area contributed by atoms with E-state index in [1.807, 2.05) is 0 Å². The molecule has 2 amide bonds. The third-order valence-corrected chi connectivity index (χ3v) is 3.97. The van der Waals surface area contributed by atoms with Crippen molar-refractivity contribution in [2.75, 3.05) is 17.2 Å². The maximum absolute atomic E-state index is 12.4. The zero-order chi connectivity index (χ0) is 21.6. The molecule has 0 aliphatic carbocycles. The standard InChI is InChI=1S/C22H17F3N2O3/c23-22(24,25)14-30-19-9-5-4-8-18(19)27-21(29)16-10-12-17(13-11-16)26-20(28)15-6-2-1-3-7-15/h1-13H,14H2,(H,26,28)(H,27,29). The molecule has 8 heteroatoms. The van der Waals surface area contributed by atoms with E-state index in [1.165, 1.54) is 30.3 Å². The number of rotatable bonds is 6. The van der Waals surface area contributed by atoms with Crippen LogP contribution in [-0.2, 0) is 0 Å². The third kappa shape index (κ3) is 5.84. The number of nitrogens with one attached hydrogen (secondary N) is 2. The maximum Gasteiger partial charge on any atom is 0.422 e. The Morgan fingerprint density at radius 3 is 1.97 bits per heavy atom. The Morgan fingerprint density at radius 2 is 1.30 bits per heavy atom. The number of para-hydroxylation sites is 2. The highest BCUT2D eigenvalue weighted by molar-refractivity contribution is 6.06. The summed E-state index contributed by atoms with van der Waals surface area (Å²) in [6, 6.07) is 20.6. The molecular weight excluding hydrogens is 397 g/mol. The Hall–Kier alpha value is -3.81. The Balaban J connectivity index is 1.65. The van der Waals surface area contributed by atoms with E-state index >= 15 is 0 Å². The number of carbonyl (C=O) groups is 2. The van der Waals surface area contributed by atoms with E-state index in [0.29, 0.717) is 11.3 Å². The van der Waals surface area contributed by atoms with Gasteiger partial charge in [-0.3, -0.25) is 9.59 Å². The predicted molar refractivity (Wildman–Crippen MR) is 107 cm³/mol. The van der Waals surface area contributed by atoms with Crippen LogP contribution in [0.1, 0.15) is 20.7 Å². The fourth-order valence-electron chi connectivity index (χ4n) is 2.55. The molecule has 0 aliphatic heterocycles. The van der Waals surface area contributed by atoms with Gasteiger partial charge in [-0.2, -0.15) is 13.2 Å².